The van der Waals surface area contributed by atoms with Crippen LogP contribution in [0.4, 0.5) is 32.0 Å². The molecule has 1 heterocycles. The topological polar surface area (TPSA) is 26.7 Å². The Morgan fingerprint density at radius 2 is 1.61 bits per heavy atom. The van der Waals surface area contributed by atoms with Gasteiger partial charge in [-0.25, -0.2) is 0 Å². The van der Waals surface area contributed by atoms with E-state index in [9.17, 15) is 31.4 Å². The number of rotatable bonds is 5. The molecule has 1 aliphatic heterocycles. The minimum Gasteiger partial charge on any atom is -0.369 e. The second-order valence-corrected chi connectivity index (χ2v) is 8.23. The highest BCUT2D eigenvalue weighted by atomic mass is 19.4. The first-order valence-corrected chi connectivity index (χ1v) is 10.5. The van der Waals surface area contributed by atoms with Gasteiger partial charge in [0.2, 0.25) is 0 Å². The number of halogens is 6. The van der Waals surface area contributed by atoms with Gasteiger partial charge in [-0.2, -0.15) is 26.3 Å². The van der Waals surface area contributed by atoms with E-state index in [0.717, 1.165) is 18.2 Å². The summed E-state index contributed by atoms with van der Waals surface area (Å²) in [4.78, 5) is 4.23. The van der Waals surface area contributed by atoms with Crippen LogP contribution < -0.4 is 4.90 Å². The molecule has 2 aromatic rings. The van der Waals surface area contributed by atoms with Crippen molar-refractivity contribution in [1.82, 2.24) is 4.90 Å². The Kier molecular flexibility index (Phi) is 7.14. The van der Waals surface area contributed by atoms with E-state index in [-0.39, 0.29) is 11.6 Å². The maximum atomic E-state index is 13.3. The summed E-state index contributed by atoms with van der Waals surface area (Å²) in [6.45, 7) is 6.20. The van der Waals surface area contributed by atoms with Crippen molar-refractivity contribution in [2.75, 3.05) is 24.5 Å². The van der Waals surface area contributed by atoms with Crippen LogP contribution in [0.15, 0.2) is 54.6 Å². The van der Waals surface area contributed by atoms with Crippen molar-refractivity contribution in [1.29, 1.82) is 0 Å². The molecule has 1 atom stereocenters. The van der Waals surface area contributed by atoms with Crippen molar-refractivity contribution < 1.29 is 31.4 Å². The minimum absolute atomic E-state index is 0.111. The van der Waals surface area contributed by atoms with E-state index in [2.05, 4.69) is 4.90 Å². The Morgan fingerprint density at radius 1 is 0.970 bits per heavy atom. The number of piperazine rings is 1. The Hall–Kier alpha value is -2.52. The van der Waals surface area contributed by atoms with Gasteiger partial charge in [0.25, 0.3) is 5.60 Å². The lowest BCUT2D eigenvalue weighted by Crippen LogP contribution is -2.54. The monoisotopic (exact) mass is 472 g/mol. The van der Waals surface area contributed by atoms with Crippen molar-refractivity contribution in [3.8, 4) is 0 Å². The maximum absolute atomic E-state index is 13.3. The molecular weight excluding hydrogens is 446 g/mol. The largest absolute Gasteiger partial charge is 0.430 e. The highest BCUT2D eigenvalue weighted by Gasteiger charge is 2.71. The highest BCUT2D eigenvalue weighted by Crippen LogP contribution is 2.50. The molecule has 0 spiro atoms. The number of anilines is 1. The lowest BCUT2D eigenvalue weighted by Gasteiger charge is -2.42. The average molecular weight is 472 g/mol. The number of allylic oxidation sites excluding steroid dienone is 1. The second kappa shape index (κ2) is 9.38. The molecule has 0 amide bonds. The zero-order valence-corrected chi connectivity index (χ0v) is 18.3. The first kappa shape index (κ1) is 25.1. The highest BCUT2D eigenvalue weighted by molar-refractivity contribution is 5.69. The first-order valence-electron chi connectivity index (χ1n) is 10.5. The normalized spacial score (nSPS) is 18.8. The molecule has 3 nitrogen and oxygen atoms in total. The molecular formula is C24H26F6N2O. The van der Waals surface area contributed by atoms with Gasteiger partial charge in [0, 0.05) is 43.5 Å². The van der Waals surface area contributed by atoms with Crippen LogP contribution in [0.1, 0.15) is 30.5 Å². The van der Waals surface area contributed by atoms with E-state index in [1.165, 1.54) is 18.2 Å². The molecule has 0 aliphatic carbocycles. The molecule has 33 heavy (non-hydrogen) atoms. The number of aliphatic hydroxyl groups is 1. The van der Waals surface area contributed by atoms with Crippen molar-refractivity contribution in [2.24, 2.45) is 0 Å². The average Bonchev–Trinajstić information content (AvgIpc) is 2.74. The van der Waals surface area contributed by atoms with Gasteiger partial charge in [0.15, 0.2) is 0 Å². The predicted octanol–water partition coefficient (Wildman–Crippen LogP) is 5.74. The summed E-state index contributed by atoms with van der Waals surface area (Å²) in [5.74, 6) is 0. The molecule has 9 heteroatoms. The number of benzene rings is 2. The summed E-state index contributed by atoms with van der Waals surface area (Å²) in [5.41, 5.74) is -4.33. The molecule has 1 aliphatic rings. The lowest BCUT2D eigenvalue weighted by atomic mass is 9.90. The number of alkyl halides is 6. The van der Waals surface area contributed by atoms with Gasteiger partial charge in [-0.15, -0.1) is 0 Å². The van der Waals surface area contributed by atoms with Gasteiger partial charge in [-0.05, 0) is 37.1 Å². The molecule has 0 radical (unpaired) electrons. The van der Waals surface area contributed by atoms with Crippen molar-refractivity contribution in [2.45, 2.75) is 44.4 Å². The van der Waals surface area contributed by atoms with Gasteiger partial charge >= 0.3 is 12.4 Å². The van der Waals surface area contributed by atoms with Crippen LogP contribution in [0.25, 0.3) is 6.08 Å². The molecule has 1 N–H and O–H groups in total. The molecule has 1 unspecified atom stereocenters. The molecule has 0 saturated carbocycles. The zero-order chi connectivity index (χ0) is 24.4. The van der Waals surface area contributed by atoms with E-state index >= 15 is 0 Å². The van der Waals surface area contributed by atoms with Gasteiger partial charge in [0.05, 0.1) is 0 Å². The third-order valence-corrected chi connectivity index (χ3v) is 5.95. The van der Waals surface area contributed by atoms with Crippen molar-refractivity contribution in [3.05, 3.63) is 71.3 Å². The Balaban J connectivity index is 1.89. The van der Waals surface area contributed by atoms with Crippen LogP contribution in [-0.2, 0) is 12.1 Å². The molecule has 1 fully saturated rings. The van der Waals surface area contributed by atoms with Crippen molar-refractivity contribution >= 4 is 11.8 Å². The van der Waals surface area contributed by atoms with Crippen molar-refractivity contribution in [3.63, 3.8) is 0 Å². The third-order valence-electron chi connectivity index (χ3n) is 5.95. The van der Waals surface area contributed by atoms with Gasteiger partial charge in [-0.3, -0.25) is 4.90 Å². The Labute approximate surface area is 188 Å². The maximum Gasteiger partial charge on any atom is 0.430 e. The summed E-state index contributed by atoms with van der Waals surface area (Å²) < 4.78 is 80.0. The van der Waals surface area contributed by atoms with E-state index in [4.69, 9.17) is 0 Å². The molecule has 180 valence electrons. The Morgan fingerprint density at radius 3 is 2.15 bits per heavy atom. The quantitative estimate of drug-likeness (QED) is 0.562. The van der Waals surface area contributed by atoms with E-state index in [0.29, 0.717) is 31.4 Å². The summed E-state index contributed by atoms with van der Waals surface area (Å²) in [5, 5.41) is 9.77. The summed E-state index contributed by atoms with van der Waals surface area (Å²) in [6.07, 6.45) is -8.85. The zero-order valence-electron chi connectivity index (χ0n) is 18.3. The number of hydrogen-bond acceptors (Lipinski definition) is 3. The number of hydrogen-bond donors (Lipinski definition) is 1. The molecule has 2 aromatic carbocycles. The second-order valence-electron chi connectivity index (χ2n) is 8.23. The van der Waals surface area contributed by atoms with Gasteiger partial charge < -0.3 is 10.0 Å². The fourth-order valence-corrected chi connectivity index (χ4v) is 4.14. The molecule has 1 saturated heterocycles. The summed E-state index contributed by atoms with van der Waals surface area (Å²) >= 11 is 0. The smallest absolute Gasteiger partial charge is 0.369 e. The molecule has 3 rings (SSSR count). The SMILES string of the molecule is CC=Cc1cc(C(O)(C(F)(F)F)C(F)(F)F)ccc1N1CCN(Cc2ccccc2)C(C)C1. The lowest BCUT2D eigenvalue weighted by molar-refractivity contribution is -0.376. The summed E-state index contributed by atoms with van der Waals surface area (Å²) in [7, 11) is 0. The Bertz CT molecular complexity index is 957. The molecule has 0 bridgehead atoms. The van der Waals surface area contributed by atoms with Crippen LogP contribution in [-0.4, -0.2) is 48.0 Å². The van der Waals surface area contributed by atoms with E-state index in [1.54, 1.807) is 6.92 Å². The van der Waals surface area contributed by atoms with Crippen LogP contribution >= 0.6 is 0 Å². The third kappa shape index (κ3) is 5.04. The summed E-state index contributed by atoms with van der Waals surface area (Å²) in [6, 6.07) is 12.8. The van der Waals surface area contributed by atoms with Gasteiger partial charge in [0.1, 0.15) is 0 Å². The van der Waals surface area contributed by atoms with E-state index in [1.807, 2.05) is 42.2 Å². The first-order chi connectivity index (χ1) is 15.4. The number of nitrogens with zero attached hydrogens (tertiary/aromatic N) is 2. The van der Waals surface area contributed by atoms with Gasteiger partial charge in [-0.1, -0.05) is 48.6 Å². The van der Waals surface area contributed by atoms with Crippen LogP contribution in [0.2, 0.25) is 0 Å². The fraction of sp³-hybridized carbons (Fsp3) is 0.417. The predicted molar refractivity (Wildman–Crippen MR) is 116 cm³/mol. The fourth-order valence-electron chi connectivity index (χ4n) is 4.14. The molecule has 0 aromatic heterocycles. The minimum atomic E-state index is -5.92. The van der Waals surface area contributed by atoms with Crippen LogP contribution in [0.5, 0.6) is 0 Å². The van der Waals surface area contributed by atoms with Crippen LogP contribution in [0, 0.1) is 0 Å². The van der Waals surface area contributed by atoms with Crippen LogP contribution in [0.3, 0.4) is 0 Å². The standard InChI is InChI=1S/C24H26F6N2O/c1-3-7-19-14-20(22(33,23(25,26)27)24(28,29)30)10-11-21(19)32-13-12-31(17(2)15-32)16-18-8-5-4-6-9-18/h3-11,14,17,33H,12-13,15-16H2,1-2H3. The van der Waals surface area contributed by atoms with E-state index < -0.39 is 23.5 Å².